The van der Waals surface area contributed by atoms with Crippen LogP contribution in [-0.2, 0) is 0 Å². The highest BCUT2D eigenvalue weighted by atomic mass is 16.5. The Labute approximate surface area is 104 Å². The summed E-state index contributed by atoms with van der Waals surface area (Å²) in [5.41, 5.74) is 0.866. The summed E-state index contributed by atoms with van der Waals surface area (Å²) in [5.74, 6) is 0.191. The maximum atomic E-state index is 10.8. The molecule has 0 saturated carbocycles. The van der Waals surface area contributed by atoms with E-state index in [0.717, 1.165) is 0 Å². The van der Waals surface area contributed by atoms with E-state index in [1.165, 1.54) is 18.2 Å². The van der Waals surface area contributed by atoms with Crippen molar-refractivity contribution in [2.45, 2.75) is 6.92 Å². The molecule has 0 aliphatic heterocycles. The van der Waals surface area contributed by atoms with Crippen LogP contribution >= 0.6 is 0 Å². The summed E-state index contributed by atoms with van der Waals surface area (Å²) in [4.78, 5) is 10.8. The van der Waals surface area contributed by atoms with E-state index in [9.17, 15) is 9.90 Å². The lowest BCUT2D eigenvalue weighted by Crippen LogP contribution is -1.96. The number of carbonyl (C=O) groups is 1. The minimum absolute atomic E-state index is 0.169. The molecule has 2 rings (SSSR count). The summed E-state index contributed by atoms with van der Waals surface area (Å²) >= 11 is 0. The first-order chi connectivity index (χ1) is 8.56. The number of carboxylic acids is 1. The van der Waals surface area contributed by atoms with Crippen molar-refractivity contribution in [1.82, 2.24) is 0 Å². The maximum absolute atomic E-state index is 10.8. The van der Waals surface area contributed by atoms with Gasteiger partial charge in [-0.15, -0.1) is 0 Å². The molecule has 0 aromatic heterocycles. The number of aromatic hydroxyl groups is 1. The van der Waals surface area contributed by atoms with Crippen molar-refractivity contribution >= 4 is 5.97 Å². The Bertz CT molecular complexity index is 590. The van der Waals surface area contributed by atoms with Gasteiger partial charge in [0.05, 0.1) is 5.56 Å². The molecule has 0 amide bonds. The van der Waals surface area contributed by atoms with Crippen LogP contribution in [-0.4, -0.2) is 16.2 Å². The summed E-state index contributed by atoms with van der Waals surface area (Å²) in [7, 11) is 0. The second kappa shape index (κ2) is 4.79. The van der Waals surface area contributed by atoms with E-state index in [0.29, 0.717) is 17.1 Å². The minimum Gasteiger partial charge on any atom is -0.508 e. The van der Waals surface area contributed by atoms with Crippen molar-refractivity contribution in [3.63, 3.8) is 0 Å². The van der Waals surface area contributed by atoms with E-state index in [4.69, 9.17) is 9.84 Å². The smallest absolute Gasteiger partial charge is 0.335 e. The molecule has 18 heavy (non-hydrogen) atoms. The second-order valence-electron chi connectivity index (χ2n) is 3.88. The number of benzene rings is 2. The predicted molar refractivity (Wildman–Crippen MR) is 66.3 cm³/mol. The standard InChI is InChI=1S/C14H12O4/c1-9-7-12(5-6-13(9)15)18-11-4-2-3-10(8-11)14(16)17/h2-8,15H,1H3,(H,16,17). The van der Waals surface area contributed by atoms with Gasteiger partial charge in [-0.2, -0.15) is 0 Å². The molecule has 2 aromatic carbocycles. The third-order valence-corrected chi connectivity index (χ3v) is 2.48. The van der Waals surface area contributed by atoms with Gasteiger partial charge in [0, 0.05) is 0 Å². The lowest BCUT2D eigenvalue weighted by atomic mass is 10.2. The molecular weight excluding hydrogens is 232 g/mol. The van der Waals surface area contributed by atoms with Crippen molar-refractivity contribution < 1.29 is 19.7 Å². The van der Waals surface area contributed by atoms with Crippen LogP contribution in [0.4, 0.5) is 0 Å². The Morgan fingerprint density at radius 3 is 2.50 bits per heavy atom. The molecule has 4 heteroatoms. The molecule has 0 atom stereocenters. The molecule has 4 nitrogen and oxygen atoms in total. The van der Waals surface area contributed by atoms with E-state index in [-0.39, 0.29) is 11.3 Å². The fraction of sp³-hybridized carbons (Fsp3) is 0.0714. The summed E-state index contributed by atoms with van der Waals surface area (Å²) < 4.78 is 5.53. The fourth-order valence-corrected chi connectivity index (χ4v) is 1.52. The van der Waals surface area contributed by atoms with Crippen molar-refractivity contribution in [2.75, 3.05) is 0 Å². The van der Waals surface area contributed by atoms with Gasteiger partial charge in [-0.05, 0) is 48.9 Å². The summed E-state index contributed by atoms with van der Waals surface area (Å²) in [5, 5.41) is 18.3. The number of ether oxygens (including phenoxy) is 1. The molecule has 2 aromatic rings. The Morgan fingerprint density at radius 1 is 1.11 bits per heavy atom. The number of aromatic carboxylic acids is 1. The van der Waals surface area contributed by atoms with Gasteiger partial charge >= 0.3 is 5.97 Å². The molecule has 0 spiro atoms. The zero-order valence-electron chi connectivity index (χ0n) is 9.75. The predicted octanol–water partition coefficient (Wildman–Crippen LogP) is 3.19. The molecule has 0 fully saturated rings. The molecule has 92 valence electrons. The lowest BCUT2D eigenvalue weighted by Gasteiger charge is -2.07. The van der Waals surface area contributed by atoms with Crippen molar-refractivity contribution in [3.8, 4) is 17.2 Å². The van der Waals surface area contributed by atoms with Crippen LogP contribution < -0.4 is 4.74 Å². The number of hydrogen-bond acceptors (Lipinski definition) is 3. The van der Waals surface area contributed by atoms with Gasteiger partial charge in [0.1, 0.15) is 17.2 Å². The minimum atomic E-state index is -0.998. The molecule has 0 aliphatic rings. The van der Waals surface area contributed by atoms with Gasteiger partial charge in [0.2, 0.25) is 0 Å². The molecule has 0 heterocycles. The topological polar surface area (TPSA) is 66.8 Å². The van der Waals surface area contributed by atoms with Crippen LogP contribution in [0.25, 0.3) is 0 Å². The van der Waals surface area contributed by atoms with Crippen LogP contribution in [0.15, 0.2) is 42.5 Å². The zero-order chi connectivity index (χ0) is 13.1. The number of phenolic OH excluding ortho intramolecular Hbond substituents is 1. The average Bonchev–Trinajstić information content (AvgIpc) is 2.34. The molecule has 0 bridgehead atoms. The van der Waals surface area contributed by atoms with Gasteiger partial charge in [0.15, 0.2) is 0 Å². The van der Waals surface area contributed by atoms with E-state index in [2.05, 4.69) is 0 Å². The van der Waals surface area contributed by atoms with Crippen LogP contribution in [0.3, 0.4) is 0 Å². The van der Waals surface area contributed by atoms with Crippen LogP contribution in [0.5, 0.6) is 17.2 Å². The monoisotopic (exact) mass is 244 g/mol. The number of rotatable bonds is 3. The van der Waals surface area contributed by atoms with Crippen LogP contribution in [0, 0.1) is 6.92 Å². The van der Waals surface area contributed by atoms with Gasteiger partial charge < -0.3 is 14.9 Å². The molecule has 2 N–H and O–H groups in total. The number of aryl methyl sites for hydroxylation is 1. The molecule has 0 radical (unpaired) electrons. The van der Waals surface area contributed by atoms with E-state index in [1.807, 2.05) is 0 Å². The van der Waals surface area contributed by atoms with E-state index < -0.39 is 5.97 Å². The molecule has 0 saturated heterocycles. The first-order valence-corrected chi connectivity index (χ1v) is 5.37. The first kappa shape index (κ1) is 12.0. The molecular formula is C14H12O4. The van der Waals surface area contributed by atoms with Crippen molar-refractivity contribution in [1.29, 1.82) is 0 Å². The number of phenols is 1. The van der Waals surface area contributed by atoms with Crippen LogP contribution in [0.1, 0.15) is 15.9 Å². The fourth-order valence-electron chi connectivity index (χ4n) is 1.52. The van der Waals surface area contributed by atoms with Crippen molar-refractivity contribution in [2.24, 2.45) is 0 Å². The van der Waals surface area contributed by atoms with Gasteiger partial charge in [0.25, 0.3) is 0 Å². The Balaban J connectivity index is 2.25. The Hall–Kier alpha value is -2.49. The van der Waals surface area contributed by atoms with Gasteiger partial charge in [-0.3, -0.25) is 0 Å². The summed E-state index contributed by atoms with van der Waals surface area (Å²) in [6, 6.07) is 11.1. The highest BCUT2D eigenvalue weighted by Crippen LogP contribution is 2.26. The largest absolute Gasteiger partial charge is 0.508 e. The Morgan fingerprint density at radius 2 is 1.83 bits per heavy atom. The average molecular weight is 244 g/mol. The third kappa shape index (κ3) is 2.60. The van der Waals surface area contributed by atoms with Crippen LogP contribution in [0.2, 0.25) is 0 Å². The highest BCUT2D eigenvalue weighted by molar-refractivity contribution is 5.88. The second-order valence-corrected chi connectivity index (χ2v) is 3.88. The number of hydrogen-bond donors (Lipinski definition) is 2. The van der Waals surface area contributed by atoms with E-state index in [1.54, 1.807) is 31.2 Å². The SMILES string of the molecule is Cc1cc(Oc2cccc(C(=O)O)c2)ccc1O. The van der Waals surface area contributed by atoms with Gasteiger partial charge in [-0.1, -0.05) is 6.07 Å². The summed E-state index contributed by atoms with van der Waals surface area (Å²) in [6.45, 7) is 1.76. The van der Waals surface area contributed by atoms with E-state index >= 15 is 0 Å². The molecule has 0 unspecified atom stereocenters. The highest BCUT2D eigenvalue weighted by Gasteiger charge is 2.05. The number of carboxylic acid groups (broad SMARTS) is 1. The third-order valence-electron chi connectivity index (χ3n) is 2.48. The molecule has 0 aliphatic carbocycles. The summed E-state index contributed by atoms with van der Waals surface area (Å²) in [6.07, 6.45) is 0. The van der Waals surface area contributed by atoms with Gasteiger partial charge in [-0.25, -0.2) is 4.79 Å². The normalized spacial score (nSPS) is 10.1. The zero-order valence-corrected chi connectivity index (χ0v) is 9.75. The van der Waals surface area contributed by atoms with Crippen molar-refractivity contribution in [3.05, 3.63) is 53.6 Å². The maximum Gasteiger partial charge on any atom is 0.335 e. The lowest BCUT2D eigenvalue weighted by molar-refractivity contribution is 0.0696. The quantitative estimate of drug-likeness (QED) is 0.870. The first-order valence-electron chi connectivity index (χ1n) is 5.37. The Kier molecular flexibility index (Phi) is 3.19.